The second-order valence-corrected chi connectivity index (χ2v) is 8.13. The number of anilines is 1. The molecule has 2 aromatic carbocycles. The molecule has 1 saturated heterocycles. The molecule has 1 aliphatic carbocycles. The Morgan fingerprint density at radius 1 is 1.03 bits per heavy atom. The highest BCUT2D eigenvalue weighted by atomic mass is 16.6. The molecule has 2 aromatic rings. The Labute approximate surface area is 185 Å². The molecule has 5 rings (SSSR count). The first kappa shape index (κ1) is 20.4. The zero-order chi connectivity index (χ0) is 22.3. The molecule has 2 aliphatic heterocycles. The molecule has 1 atom stereocenters. The molecule has 0 radical (unpaired) electrons. The Morgan fingerprint density at radius 2 is 1.75 bits per heavy atom. The van der Waals surface area contributed by atoms with Crippen LogP contribution in [0.25, 0.3) is 0 Å². The highest BCUT2D eigenvalue weighted by Crippen LogP contribution is 2.49. The van der Waals surface area contributed by atoms with Crippen molar-refractivity contribution in [2.45, 2.75) is 37.4 Å². The lowest BCUT2D eigenvalue weighted by Crippen LogP contribution is -2.69. The van der Waals surface area contributed by atoms with E-state index < -0.39 is 11.6 Å². The maximum Gasteiger partial charge on any atom is 0.353 e. The second-order valence-electron chi connectivity index (χ2n) is 8.13. The number of amides is 2. The fraction of sp³-hybridized carbons (Fsp3) is 0.375. The van der Waals surface area contributed by atoms with E-state index >= 15 is 0 Å². The SMILES string of the molecule is COc1ccc(OCCOC(=O)[C@]23CCC(=O)N2c2ccccc2C(=O)N3C2CC2)cc1. The number of para-hydroxylation sites is 1. The van der Waals surface area contributed by atoms with Crippen molar-refractivity contribution in [3.63, 3.8) is 0 Å². The van der Waals surface area contributed by atoms with E-state index in [0.717, 1.165) is 18.6 Å². The number of hydrogen-bond donors (Lipinski definition) is 0. The number of rotatable bonds is 7. The Balaban J connectivity index is 1.36. The minimum Gasteiger partial charge on any atom is -0.497 e. The van der Waals surface area contributed by atoms with E-state index in [1.807, 2.05) is 0 Å². The Bertz CT molecular complexity index is 1060. The van der Waals surface area contributed by atoms with Crippen molar-refractivity contribution in [3.05, 3.63) is 54.1 Å². The molecule has 8 heteroatoms. The van der Waals surface area contributed by atoms with Gasteiger partial charge in [-0.15, -0.1) is 0 Å². The fourth-order valence-electron chi connectivity index (χ4n) is 4.59. The normalized spacial score (nSPS) is 21.8. The molecule has 0 spiro atoms. The zero-order valence-electron chi connectivity index (χ0n) is 17.8. The zero-order valence-corrected chi connectivity index (χ0v) is 17.8. The number of nitrogens with zero attached hydrogens (tertiary/aromatic N) is 2. The maximum absolute atomic E-state index is 13.5. The summed E-state index contributed by atoms with van der Waals surface area (Å²) in [5.74, 6) is 0.356. The Morgan fingerprint density at radius 3 is 2.47 bits per heavy atom. The molecule has 0 unspecified atom stereocenters. The molecule has 8 nitrogen and oxygen atoms in total. The van der Waals surface area contributed by atoms with E-state index in [0.29, 0.717) is 17.0 Å². The quantitative estimate of drug-likeness (QED) is 0.490. The lowest BCUT2D eigenvalue weighted by Gasteiger charge is -2.48. The minimum atomic E-state index is -1.43. The van der Waals surface area contributed by atoms with Gasteiger partial charge in [0.2, 0.25) is 11.6 Å². The first-order valence-corrected chi connectivity index (χ1v) is 10.8. The summed E-state index contributed by atoms with van der Waals surface area (Å²) in [6.07, 6.45) is 2.03. The summed E-state index contributed by atoms with van der Waals surface area (Å²) in [6.45, 7) is 0.152. The van der Waals surface area contributed by atoms with Gasteiger partial charge in [-0.05, 0) is 49.2 Å². The lowest BCUT2D eigenvalue weighted by atomic mass is 9.96. The van der Waals surface area contributed by atoms with Crippen molar-refractivity contribution in [2.75, 3.05) is 25.2 Å². The number of fused-ring (bicyclic) bond motifs is 3. The van der Waals surface area contributed by atoms with Gasteiger partial charge in [0.1, 0.15) is 24.7 Å². The Hall–Kier alpha value is -3.55. The predicted octanol–water partition coefficient (Wildman–Crippen LogP) is 2.76. The summed E-state index contributed by atoms with van der Waals surface area (Å²) in [6, 6.07) is 14.0. The van der Waals surface area contributed by atoms with Crippen LogP contribution >= 0.6 is 0 Å². The van der Waals surface area contributed by atoms with Crippen LogP contribution in [-0.2, 0) is 14.3 Å². The van der Waals surface area contributed by atoms with E-state index in [4.69, 9.17) is 14.2 Å². The van der Waals surface area contributed by atoms with Crippen LogP contribution < -0.4 is 14.4 Å². The lowest BCUT2D eigenvalue weighted by molar-refractivity contribution is -0.158. The van der Waals surface area contributed by atoms with Gasteiger partial charge in [-0.2, -0.15) is 0 Å². The van der Waals surface area contributed by atoms with Crippen LogP contribution in [0.5, 0.6) is 11.5 Å². The molecule has 32 heavy (non-hydrogen) atoms. The third-order valence-corrected chi connectivity index (χ3v) is 6.18. The number of methoxy groups -OCH3 is 1. The molecule has 1 saturated carbocycles. The van der Waals surface area contributed by atoms with Gasteiger partial charge >= 0.3 is 5.97 Å². The summed E-state index contributed by atoms with van der Waals surface area (Å²) in [7, 11) is 1.59. The molecule has 2 fully saturated rings. The summed E-state index contributed by atoms with van der Waals surface area (Å²) in [5.41, 5.74) is -0.506. The first-order chi connectivity index (χ1) is 15.6. The summed E-state index contributed by atoms with van der Waals surface area (Å²) in [5, 5.41) is 0. The van der Waals surface area contributed by atoms with Crippen molar-refractivity contribution in [2.24, 2.45) is 0 Å². The number of hydrogen-bond acceptors (Lipinski definition) is 6. The molecule has 166 valence electrons. The minimum absolute atomic E-state index is 0.00296. The van der Waals surface area contributed by atoms with Gasteiger partial charge < -0.3 is 19.1 Å². The molecule has 0 bridgehead atoms. The van der Waals surface area contributed by atoms with Crippen molar-refractivity contribution in [1.82, 2.24) is 4.90 Å². The molecular weight excluding hydrogens is 412 g/mol. The monoisotopic (exact) mass is 436 g/mol. The molecular formula is C24H24N2O6. The predicted molar refractivity (Wildman–Crippen MR) is 115 cm³/mol. The molecule has 2 amide bonds. The van der Waals surface area contributed by atoms with E-state index in [1.165, 1.54) is 4.90 Å². The highest BCUT2D eigenvalue weighted by Gasteiger charge is 2.64. The van der Waals surface area contributed by atoms with Crippen molar-refractivity contribution >= 4 is 23.5 Å². The smallest absolute Gasteiger partial charge is 0.353 e. The highest BCUT2D eigenvalue weighted by molar-refractivity contribution is 6.15. The number of carbonyl (C=O) groups excluding carboxylic acids is 3. The Kier molecular flexibility index (Phi) is 5.00. The average molecular weight is 436 g/mol. The number of benzene rings is 2. The van der Waals surface area contributed by atoms with Crippen LogP contribution in [-0.4, -0.2) is 54.7 Å². The molecule has 0 N–H and O–H groups in total. The summed E-state index contributed by atoms with van der Waals surface area (Å²) in [4.78, 5) is 42.8. The van der Waals surface area contributed by atoms with Crippen LogP contribution in [0, 0.1) is 0 Å². The van der Waals surface area contributed by atoms with Gasteiger partial charge in [0.15, 0.2) is 0 Å². The van der Waals surface area contributed by atoms with Crippen molar-refractivity contribution in [1.29, 1.82) is 0 Å². The summed E-state index contributed by atoms with van der Waals surface area (Å²) < 4.78 is 16.4. The fourth-order valence-corrected chi connectivity index (χ4v) is 4.59. The van der Waals surface area contributed by atoms with Gasteiger partial charge in [-0.3, -0.25) is 14.5 Å². The van der Waals surface area contributed by atoms with Crippen molar-refractivity contribution in [3.8, 4) is 11.5 Å². The second kappa shape index (κ2) is 7.85. The molecule has 0 aromatic heterocycles. The van der Waals surface area contributed by atoms with Gasteiger partial charge in [0.05, 0.1) is 18.4 Å². The van der Waals surface area contributed by atoms with E-state index in [-0.39, 0.29) is 43.9 Å². The van der Waals surface area contributed by atoms with Gasteiger partial charge in [0.25, 0.3) is 5.91 Å². The van der Waals surface area contributed by atoms with E-state index in [1.54, 1.807) is 60.5 Å². The molecule has 2 heterocycles. The standard InChI is InChI=1S/C24H24N2O6/c1-30-17-8-10-18(11-9-17)31-14-15-32-23(29)24-13-12-21(27)26(24)20-5-3-2-4-19(20)22(28)25(24)16-6-7-16/h2-5,8-11,16H,6-7,12-15H2,1H3/t24-/m0/s1. The largest absolute Gasteiger partial charge is 0.497 e. The number of carbonyl (C=O) groups is 3. The van der Waals surface area contributed by atoms with Crippen LogP contribution in [0.2, 0.25) is 0 Å². The third kappa shape index (κ3) is 3.18. The van der Waals surface area contributed by atoms with Gasteiger partial charge in [-0.1, -0.05) is 12.1 Å². The topological polar surface area (TPSA) is 85.4 Å². The van der Waals surface area contributed by atoms with Crippen LogP contribution in [0.4, 0.5) is 5.69 Å². The van der Waals surface area contributed by atoms with Crippen molar-refractivity contribution < 1.29 is 28.6 Å². The number of ether oxygens (including phenoxy) is 3. The van der Waals surface area contributed by atoms with Gasteiger partial charge in [0, 0.05) is 18.9 Å². The van der Waals surface area contributed by atoms with E-state index in [2.05, 4.69) is 0 Å². The summed E-state index contributed by atoms with van der Waals surface area (Å²) >= 11 is 0. The van der Waals surface area contributed by atoms with Crippen LogP contribution in [0.3, 0.4) is 0 Å². The third-order valence-electron chi connectivity index (χ3n) is 6.18. The maximum atomic E-state index is 13.5. The number of esters is 1. The van der Waals surface area contributed by atoms with Crippen LogP contribution in [0.15, 0.2) is 48.5 Å². The average Bonchev–Trinajstić information content (AvgIpc) is 3.59. The van der Waals surface area contributed by atoms with E-state index in [9.17, 15) is 14.4 Å². The first-order valence-electron chi connectivity index (χ1n) is 10.8. The van der Waals surface area contributed by atoms with Gasteiger partial charge in [-0.25, -0.2) is 4.79 Å². The molecule has 3 aliphatic rings. The van der Waals surface area contributed by atoms with Crippen LogP contribution in [0.1, 0.15) is 36.0 Å².